The number of fused-ring (bicyclic) bond motifs is 3. The molecule has 0 aliphatic heterocycles. The Labute approximate surface area is 174 Å². The molecule has 2 aromatic carbocycles. The van der Waals surface area contributed by atoms with Gasteiger partial charge >= 0.3 is 0 Å². The van der Waals surface area contributed by atoms with Gasteiger partial charge in [0.2, 0.25) is 5.91 Å². The van der Waals surface area contributed by atoms with Crippen molar-refractivity contribution in [2.75, 3.05) is 19.6 Å². The number of H-pyrrole nitrogens is 1. The third kappa shape index (κ3) is 4.26. The lowest BCUT2D eigenvalue weighted by atomic mass is 10.2. The van der Waals surface area contributed by atoms with Crippen LogP contribution in [-0.4, -0.2) is 45.2 Å². The van der Waals surface area contributed by atoms with Gasteiger partial charge in [-0.3, -0.25) is 14.5 Å². The number of benzene rings is 2. The Bertz CT molecular complexity index is 1210. The molecule has 2 N–H and O–H groups in total. The van der Waals surface area contributed by atoms with E-state index in [2.05, 4.69) is 39.4 Å². The standard InChI is InChI=1S/C23H25N5O2/c1-2-27(15-17-8-4-3-5-9-17)13-12-24-21(29)16-28-23(30)22-19(14-25-28)18-10-6-7-11-20(18)26-22/h3-11,14,26H,2,12-13,15-16H2,1H3,(H,24,29). The Balaban J connectivity index is 1.37. The zero-order valence-corrected chi connectivity index (χ0v) is 17.0. The Hall–Kier alpha value is -3.45. The summed E-state index contributed by atoms with van der Waals surface area (Å²) < 4.78 is 1.20. The van der Waals surface area contributed by atoms with Crippen LogP contribution >= 0.6 is 0 Å². The van der Waals surface area contributed by atoms with E-state index in [-0.39, 0.29) is 18.0 Å². The van der Waals surface area contributed by atoms with Gasteiger partial charge in [0.25, 0.3) is 5.56 Å². The number of nitrogens with one attached hydrogen (secondary N) is 2. The predicted molar refractivity (Wildman–Crippen MR) is 118 cm³/mol. The van der Waals surface area contributed by atoms with Crippen molar-refractivity contribution < 1.29 is 4.79 Å². The molecule has 0 radical (unpaired) electrons. The van der Waals surface area contributed by atoms with Gasteiger partial charge in [0.15, 0.2) is 0 Å². The summed E-state index contributed by atoms with van der Waals surface area (Å²) in [6, 6.07) is 17.9. The summed E-state index contributed by atoms with van der Waals surface area (Å²) in [5.74, 6) is -0.226. The summed E-state index contributed by atoms with van der Waals surface area (Å²) >= 11 is 0. The third-order valence-electron chi connectivity index (χ3n) is 5.26. The second-order valence-corrected chi connectivity index (χ2v) is 7.27. The van der Waals surface area contributed by atoms with Gasteiger partial charge in [-0.05, 0) is 18.2 Å². The number of carbonyl (C=O) groups is 1. The van der Waals surface area contributed by atoms with E-state index >= 15 is 0 Å². The molecule has 0 saturated carbocycles. The van der Waals surface area contributed by atoms with Crippen molar-refractivity contribution in [2.45, 2.75) is 20.0 Å². The lowest BCUT2D eigenvalue weighted by Crippen LogP contribution is -2.38. The fraction of sp³-hybridized carbons (Fsp3) is 0.261. The van der Waals surface area contributed by atoms with Gasteiger partial charge in [-0.25, -0.2) is 4.68 Å². The van der Waals surface area contributed by atoms with Crippen molar-refractivity contribution in [3.05, 3.63) is 76.7 Å². The largest absolute Gasteiger partial charge is 0.353 e. The van der Waals surface area contributed by atoms with Crippen LogP contribution in [-0.2, 0) is 17.9 Å². The van der Waals surface area contributed by atoms with E-state index in [0.717, 1.165) is 35.9 Å². The highest BCUT2D eigenvalue weighted by atomic mass is 16.2. The minimum Gasteiger partial charge on any atom is -0.353 e. The van der Waals surface area contributed by atoms with Crippen LogP contribution in [0, 0.1) is 0 Å². The van der Waals surface area contributed by atoms with Crippen LogP contribution < -0.4 is 10.9 Å². The monoisotopic (exact) mass is 403 g/mol. The van der Waals surface area contributed by atoms with Gasteiger partial charge in [-0.1, -0.05) is 55.5 Å². The van der Waals surface area contributed by atoms with Crippen LogP contribution in [0.3, 0.4) is 0 Å². The molecule has 0 bridgehead atoms. The van der Waals surface area contributed by atoms with Crippen LogP contribution in [0.4, 0.5) is 0 Å². The van der Waals surface area contributed by atoms with Gasteiger partial charge in [0.05, 0.1) is 6.20 Å². The number of para-hydroxylation sites is 1. The molecular formula is C23H25N5O2. The van der Waals surface area contributed by atoms with Gasteiger partial charge in [-0.2, -0.15) is 5.10 Å². The smallest absolute Gasteiger partial charge is 0.291 e. The van der Waals surface area contributed by atoms with Crippen molar-refractivity contribution in [3.8, 4) is 0 Å². The average molecular weight is 403 g/mol. The summed E-state index contributed by atoms with van der Waals surface area (Å²) in [7, 11) is 0. The van der Waals surface area contributed by atoms with Crippen LogP contribution in [0.5, 0.6) is 0 Å². The molecule has 2 aromatic heterocycles. The number of nitrogens with zero attached hydrogens (tertiary/aromatic N) is 3. The lowest BCUT2D eigenvalue weighted by molar-refractivity contribution is -0.121. The topological polar surface area (TPSA) is 83.0 Å². The number of likely N-dealkylation sites (N-methyl/N-ethyl adjacent to an activating group) is 1. The zero-order chi connectivity index (χ0) is 20.9. The summed E-state index contributed by atoms with van der Waals surface area (Å²) in [6.07, 6.45) is 1.64. The van der Waals surface area contributed by atoms with E-state index in [1.165, 1.54) is 10.2 Å². The van der Waals surface area contributed by atoms with Crippen LogP contribution in [0.25, 0.3) is 21.8 Å². The molecule has 1 amide bonds. The second kappa shape index (κ2) is 8.92. The fourth-order valence-corrected chi connectivity index (χ4v) is 3.62. The summed E-state index contributed by atoms with van der Waals surface area (Å²) in [5.41, 5.74) is 2.30. The van der Waals surface area contributed by atoms with Gasteiger partial charge in [0.1, 0.15) is 12.1 Å². The molecule has 0 fully saturated rings. The summed E-state index contributed by atoms with van der Waals surface area (Å²) in [6.45, 7) is 4.98. The van der Waals surface area contributed by atoms with E-state index in [1.807, 2.05) is 42.5 Å². The van der Waals surface area contributed by atoms with Crippen molar-refractivity contribution >= 4 is 27.7 Å². The maximum atomic E-state index is 12.7. The first-order chi connectivity index (χ1) is 14.7. The van der Waals surface area contributed by atoms with Crippen LogP contribution in [0.2, 0.25) is 0 Å². The minimum atomic E-state index is -0.293. The minimum absolute atomic E-state index is 0.102. The lowest BCUT2D eigenvalue weighted by Gasteiger charge is -2.20. The number of rotatable bonds is 8. The van der Waals surface area contributed by atoms with E-state index in [9.17, 15) is 9.59 Å². The first-order valence-corrected chi connectivity index (χ1v) is 10.1. The molecule has 0 unspecified atom stereocenters. The molecule has 154 valence electrons. The average Bonchev–Trinajstić information content (AvgIpc) is 3.15. The molecule has 30 heavy (non-hydrogen) atoms. The Morgan fingerprint density at radius 2 is 1.87 bits per heavy atom. The SMILES string of the molecule is CCN(CCNC(=O)Cn1ncc2c([nH]c3ccccc32)c1=O)Cc1ccccc1. The Kier molecular flexibility index (Phi) is 5.90. The van der Waals surface area contributed by atoms with E-state index in [4.69, 9.17) is 0 Å². The quantitative estimate of drug-likeness (QED) is 0.474. The molecule has 0 spiro atoms. The van der Waals surface area contributed by atoms with Gasteiger partial charge < -0.3 is 10.3 Å². The molecule has 2 heterocycles. The van der Waals surface area contributed by atoms with E-state index in [0.29, 0.717) is 12.1 Å². The van der Waals surface area contributed by atoms with Crippen molar-refractivity contribution in [1.29, 1.82) is 0 Å². The highest BCUT2D eigenvalue weighted by Gasteiger charge is 2.12. The number of hydrogen-bond donors (Lipinski definition) is 2. The molecule has 0 atom stereocenters. The molecule has 7 heteroatoms. The maximum absolute atomic E-state index is 12.7. The van der Waals surface area contributed by atoms with Crippen molar-refractivity contribution in [3.63, 3.8) is 0 Å². The van der Waals surface area contributed by atoms with Gasteiger partial charge in [0, 0.05) is 35.9 Å². The van der Waals surface area contributed by atoms with E-state index < -0.39 is 0 Å². The highest BCUT2D eigenvalue weighted by molar-refractivity contribution is 6.06. The number of carbonyl (C=O) groups excluding carboxylic acids is 1. The Morgan fingerprint density at radius 1 is 1.10 bits per heavy atom. The molecule has 4 rings (SSSR count). The van der Waals surface area contributed by atoms with Gasteiger partial charge in [-0.15, -0.1) is 0 Å². The summed E-state index contributed by atoms with van der Waals surface area (Å²) in [4.78, 5) is 30.5. The van der Waals surface area contributed by atoms with Crippen molar-refractivity contribution in [2.24, 2.45) is 0 Å². The molecule has 4 aromatic rings. The summed E-state index contributed by atoms with van der Waals surface area (Å²) in [5, 5.41) is 8.81. The molecule has 7 nitrogen and oxygen atoms in total. The van der Waals surface area contributed by atoms with Crippen molar-refractivity contribution in [1.82, 2.24) is 25.0 Å². The zero-order valence-electron chi connectivity index (χ0n) is 17.0. The second-order valence-electron chi connectivity index (χ2n) is 7.27. The van der Waals surface area contributed by atoms with E-state index in [1.54, 1.807) is 6.20 Å². The third-order valence-corrected chi connectivity index (χ3v) is 5.26. The predicted octanol–water partition coefficient (Wildman–Crippen LogP) is 2.52. The Morgan fingerprint density at radius 3 is 2.67 bits per heavy atom. The molecule has 0 saturated heterocycles. The van der Waals surface area contributed by atoms with Crippen LogP contribution in [0.15, 0.2) is 65.6 Å². The number of hydrogen-bond acceptors (Lipinski definition) is 4. The fourth-order valence-electron chi connectivity index (χ4n) is 3.62. The number of amides is 1. The number of aromatic amines is 1. The first kappa shape index (κ1) is 19.8. The molecule has 0 aliphatic rings. The normalized spacial score (nSPS) is 11.4. The van der Waals surface area contributed by atoms with Crippen LogP contribution in [0.1, 0.15) is 12.5 Å². The maximum Gasteiger partial charge on any atom is 0.291 e. The molecule has 0 aliphatic carbocycles. The number of aromatic nitrogens is 3. The molecular weight excluding hydrogens is 378 g/mol. The first-order valence-electron chi connectivity index (χ1n) is 10.1. The highest BCUT2D eigenvalue weighted by Crippen LogP contribution is 2.21.